The fraction of sp³-hybridized carbons (Fsp3) is 0.0476. The Morgan fingerprint density at radius 3 is 2.70 bits per heavy atom. The Bertz CT molecular complexity index is 1080. The zero-order chi connectivity index (χ0) is 18.6. The Balaban J connectivity index is 1.51. The molecule has 0 saturated carbocycles. The van der Waals surface area contributed by atoms with Gasteiger partial charge in [0.05, 0.1) is 15.9 Å². The van der Waals surface area contributed by atoms with Crippen molar-refractivity contribution in [3.05, 3.63) is 77.8 Å². The number of nitrogens with zero attached hydrogens (tertiary/aromatic N) is 1. The fourth-order valence-electron chi connectivity index (χ4n) is 2.66. The van der Waals surface area contributed by atoms with Gasteiger partial charge in [0.25, 0.3) is 5.91 Å². The average molecular weight is 395 g/mol. The van der Waals surface area contributed by atoms with Crippen LogP contribution in [0.2, 0.25) is 5.02 Å². The van der Waals surface area contributed by atoms with E-state index >= 15 is 0 Å². The zero-order valence-corrected chi connectivity index (χ0v) is 15.8. The molecule has 134 valence electrons. The smallest absolute Gasteiger partial charge is 0.262 e. The number of carbonyl (C=O) groups is 1. The minimum Gasteiger partial charge on any atom is -0.484 e. The van der Waals surface area contributed by atoms with Crippen LogP contribution in [0.5, 0.6) is 5.75 Å². The van der Waals surface area contributed by atoms with Gasteiger partial charge in [0, 0.05) is 10.6 Å². The molecule has 4 nitrogen and oxygen atoms in total. The second-order valence-corrected chi connectivity index (χ2v) is 7.29. The summed E-state index contributed by atoms with van der Waals surface area (Å²) in [4.78, 5) is 17.0. The number of fused-ring (bicyclic) bond motifs is 1. The summed E-state index contributed by atoms with van der Waals surface area (Å²) < 4.78 is 6.61. The van der Waals surface area contributed by atoms with Crippen LogP contribution in [0.4, 0.5) is 5.69 Å². The van der Waals surface area contributed by atoms with Gasteiger partial charge in [-0.05, 0) is 42.5 Å². The van der Waals surface area contributed by atoms with Crippen LogP contribution in [0.3, 0.4) is 0 Å². The van der Waals surface area contributed by atoms with Gasteiger partial charge in [0.2, 0.25) is 0 Å². The van der Waals surface area contributed by atoms with Crippen molar-refractivity contribution < 1.29 is 9.53 Å². The molecule has 0 radical (unpaired) electrons. The first kappa shape index (κ1) is 17.5. The lowest BCUT2D eigenvalue weighted by molar-refractivity contribution is -0.118. The van der Waals surface area contributed by atoms with Crippen molar-refractivity contribution in [1.82, 2.24) is 4.98 Å². The number of hydrogen-bond donors (Lipinski definition) is 1. The van der Waals surface area contributed by atoms with Crippen molar-refractivity contribution in [1.29, 1.82) is 0 Å². The van der Waals surface area contributed by atoms with Crippen LogP contribution in [-0.4, -0.2) is 17.5 Å². The molecule has 4 rings (SSSR count). The van der Waals surface area contributed by atoms with E-state index in [0.717, 1.165) is 20.8 Å². The fourth-order valence-corrected chi connectivity index (χ4v) is 3.84. The van der Waals surface area contributed by atoms with Crippen LogP contribution in [-0.2, 0) is 4.79 Å². The highest BCUT2D eigenvalue weighted by atomic mass is 35.5. The summed E-state index contributed by atoms with van der Waals surface area (Å²) in [5, 5.41) is 4.34. The van der Waals surface area contributed by atoms with Crippen molar-refractivity contribution in [3.8, 4) is 16.3 Å². The monoisotopic (exact) mass is 394 g/mol. The zero-order valence-electron chi connectivity index (χ0n) is 14.2. The number of rotatable bonds is 5. The highest BCUT2D eigenvalue weighted by molar-refractivity contribution is 7.21. The number of hydrogen-bond acceptors (Lipinski definition) is 4. The molecular weight excluding hydrogens is 380 g/mol. The lowest BCUT2D eigenvalue weighted by atomic mass is 10.2. The number of halogens is 1. The second-order valence-electron chi connectivity index (χ2n) is 5.83. The molecule has 0 aliphatic carbocycles. The van der Waals surface area contributed by atoms with Gasteiger partial charge < -0.3 is 10.1 Å². The SMILES string of the molecule is O=C(COc1cccc(Cl)c1)Nc1ccccc1-c1nc2ccccc2s1. The normalized spacial score (nSPS) is 10.7. The molecule has 1 N–H and O–H groups in total. The van der Waals surface area contributed by atoms with Gasteiger partial charge in [0.1, 0.15) is 10.8 Å². The highest BCUT2D eigenvalue weighted by Gasteiger charge is 2.12. The molecule has 27 heavy (non-hydrogen) atoms. The molecule has 0 spiro atoms. The largest absolute Gasteiger partial charge is 0.484 e. The van der Waals surface area contributed by atoms with E-state index in [0.29, 0.717) is 16.5 Å². The van der Waals surface area contributed by atoms with Crippen LogP contribution in [0.1, 0.15) is 0 Å². The molecule has 0 unspecified atom stereocenters. The predicted molar refractivity (Wildman–Crippen MR) is 111 cm³/mol. The predicted octanol–water partition coefficient (Wildman–Crippen LogP) is 5.63. The molecule has 0 bridgehead atoms. The van der Waals surface area contributed by atoms with Gasteiger partial charge in [-0.15, -0.1) is 11.3 Å². The van der Waals surface area contributed by atoms with Gasteiger partial charge in [-0.2, -0.15) is 0 Å². The molecule has 1 amide bonds. The molecule has 6 heteroatoms. The molecule has 0 fully saturated rings. The Labute approximate surface area is 165 Å². The molecule has 0 aliphatic heterocycles. The first-order valence-corrected chi connectivity index (χ1v) is 9.52. The van der Waals surface area contributed by atoms with Gasteiger partial charge in [-0.1, -0.05) is 41.9 Å². The Morgan fingerprint density at radius 2 is 1.85 bits per heavy atom. The van der Waals surface area contributed by atoms with Crippen LogP contribution in [0.25, 0.3) is 20.8 Å². The third-order valence-corrected chi connectivity index (χ3v) is 5.20. The molecule has 4 aromatic rings. The minimum absolute atomic E-state index is 0.103. The summed E-state index contributed by atoms with van der Waals surface area (Å²) >= 11 is 7.52. The van der Waals surface area contributed by atoms with E-state index in [2.05, 4.69) is 10.3 Å². The Hall–Kier alpha value is -2.89. The number of para-hydroxylation sites is 2. The summed E-state index contributed by atoms with van der Waals surface area (Å²) in [5.41, 5.74) is 2.54. The molecule has 3 aromatic carbocycles. The summed E-state index contributed by atoms with van der Waals surface area (Å²) in [6, 6.07) is 22.6. The maximum absolute atomic E-state index is 12.3. The quantitative estimate of drug-likeness (QED) is 0.477. The van der Waals surface area contributed by atoms with Crippen LogP contribution in [0, 0.1) is 0 Å². The van der Waals surface area contributed by atoms with E-state index in [1.807, 2.05) is 48.5 Å². The summed E-state index contributed by atoms with van der Waals surface area (Å²) in [5.74, 6) is 0.306. The van der Waals surface area contributed by atoms with Crippen molar-refractivity contribution in [2.45, 2.75) is 0 Å². The lowest BCUT2D eigenvalue weighted by Crippen LogP contribution is -2.20. The molecule has 1 aromatic heterocycles. The molecular formula is C21H15ClN2O2S. The van der Waals surface area contributed by atoms with Gasteiger partial charge >= 0.3 is 0 Å². The Kier molecular flexibility index (Phi) is 5.05. The second kappa shape index (κ2) is 7.78. The summed E-state index contributed by atoms with van der Waals surface area (Å²) in [7, 11) is 0. The first-order chi connectivity index (χ1) is 13.2. The molecule has 1 heterocycles. The van der Waals surface area contributed by atoms with Crippen molar-refractivity contribution in [3.63, 3.8) is 0 Å². The van der Waals surface area contributed by atoms with Crippen molar-refractivity contribution in [2.75, 3.05) is 11.9 Å². The Morgan fingerprint density at radius 1 is 1.04 bits per heavy atom. The topological polar surface area (TPSA) is 51.2 Å². The summed E-state index contributed by atoms with van der Waals surface area (Å²) in [6.45, 7) is -0.103. The maximum atomic E-state index is 12.3. The molecule has 0 saturated heterocycles. The summed E-state index contributed by atoms with van der Waals surface area (Å²) in [6.07, 6.45) is 0. The number of ether oxygens (including phenoxy) is 1. The number of anilines is 1. The van der Waals surface area contributed by atoms with Gasteiger partial charge in [0.15, 0.2) is 6.61 Å². The number of benzene rings is 3. The van der Waals surface area contributed by atoms with E-state index in [1.54, 1.807) is 35.6 Å². The first-order valence-electron chi connectivity index (χ1n) is 8.32. The minimum atomic E-state index is -0.247. The standard InChI is InChI=1S/C21H15ClN2O2S/c22-14-6-5-7-15(12-14)26-13-20(25)23-17-9-2-1-8-16(17)21-24-18-10-3-4-11-19(18)27-21/h1-12H,13H2,(H,23,25). The van der Waals surface area contributed by atoms with E-state index in [4.69, 9.17) is 16.3 Å². The van der Waals surface area contributed by atoms with E-state index in [9.17, 15) is 4.79 Å². The average Bonchev–Trinajstić information content (AvgIpc) is 3.11. The number of nitrogens with one attached hydrogen (secondary N) is 1. The molecule has 0 aliphatic rings. The third kappa shape index (κ3) is 4.10. The van der Waals surface area contributed by atoms with Crippen molar-refractivity contribution in [2.24, 2.45) is 0 Å². The van der Waals surface area contributed by atoms with Gasteiger partial charge in [-0.3, -0.25) is 4.79 Å². The van der Waals surface area contributed by atoms with E-state index < -0.39 is 0 Å². The van der Waals surface area contributed by atoms with Crippen LogP contribution in [0.15, 0.2) is 72.8 Å². The number of thiazole rings is 1. The third-order valence-electron chi connectivity index (χ3n) is 3.89. The highest BCUT2D eigenvalue weighted by Crippen LogP contribution is 2.34. The van der Waals surface area contributed by atoms with Gasteiger partial charge in [-0.25, -0.2) is 4.98 Å². The number of aromatic nitrogens is 1. The van der Waals surface area contributed by atoms with E-state index in [1.165, 1.54) is 0 Å². The van der Waals surface area contributed by atoms with Crippen molar-refractivity contribution >= 4 is 44.7 Å². The van der Waals surface area contributed by atoms with E-state index in [-0.39, 0.29) is 12.5 Å². The molecule has 0 atom stereocenters. The van der Waals surface area contributed by atoms with Crippen LogP contribution < -0.4 is 10.1 Å². The number of carbonyl (C=O) groups excluding carboxylic acids is 1. The maximum Gasteiger partial charge on any atom is 0.262 e. The van der Waals surface area contributed by atoms with Crippen LogP contribution >= 0.6 is 22.9 Å². The number of amides is 1. The lowest BCUT2D eigenvalue weighted by Gasteiger charge is -2.10.